The van der Waals surface area contributed by atoms with Gasteiger partial charge in [0.15, 0.2) is 5.79 Å². The van der Waals surface area contributed by atoms with Gasteiger partial charge >= 0.3 is 6.09 Å². The standard InChI is InChI=1S/C12H19NO5.3C2H6/c1-12(17-8-9-18-12)5-3-2-4-10(14)13-6-7-16-11(13)15;3*1-2/h2-9H2,1H3;3*1-2H3. The molecular formula is C18H37NO5. The highest BCUT2D eigenvalue weighted by molar-refractivity contribution is 5.92. The SMILES string of the molecule is CC.CC.CC.CC1(CCCCC(=O)N2CCOC2=O)OCCO1. The summed E-state index contributed by atoms with van der Waals surface area (Å²) in [5, 5.41) is 0. The van der Waals surface area contributed by atoms with Crippen LogP contribution in [0.25, 0.3) is 0 Å². The van der Waals surface area contributed by atoms with Crippen molar-refractivity contribution in [1.82, 2.24) is 4.90 Å². The Balaban J connectivity index is 0. The molecule has 0 aromatic heterocycles. The summed E-state index contributed by atoms with van der Waals surface area (Å²) < 4.78 is 15.7. The Bertz CT molecular complexity index is 327. The minimum atomic E-state index is -0.519. The van der Waals surface area contributed by atoms with E-state index in [9.17, 15) is 9.59 Å². The summed E-state index contributed by atoms with van der Waals surface area (Å²) in [6.45, 7) is 15.9. The van der Waals surface area contributed by atoms with Crippen LogP contribution in [0.1, 0.15) is 74.1 Å². The predicted molar refractivity (Wildman–Crippen MR) is 95.9 cm³/mol. The third-order valence-corrected chi connectivity index (χ3v) is 3.23. The van der Waals surface area contributed by atoms with Crippen molar-refractivity contribution >= 4 is 12.0 Å². The van der Waals surface area contributed by atoms with Crippen LogP contribution in [0.4, 0.5) is 4.79 Å². The summed E-state index contributed by atoms with van der Waals surface area (Å²) in [6.07, 6.45) is 2.18. The molecule has 6 nitrogen and oxygen atoms in total. The molecule has 0 unspecified atom stereocenters. The van der Waals surface area contributed by atoms with E-state index in [0.717, 1.165) is 19.3 Å². The largest absolute Gasteiger partial charge is 0.447 e. The van der Waals surface area contributed by atoms with E-state index in [0.29, 0.717) is 32.8 Å². The molecule has 0 saturated carbocycles. The van der Waals surface area contributed by atoms with Crippen LogP contribution in [0.3, 0.4) is 0 Å². The third-order valence-electron chi connectivity index (χ3n) is 3.23. The van der Waals surface area contributed by atoms with Gasteiger partial charge < -0.3 is 14.2 Å². The number of ether oxygens (including phenoxy) is 3. The van der Waals surface area contributed by atoms with Crippen molar-refractivity contribution in [2.24, 2.45) is 0 Å². The number of cyclic esters (lactones) is 1. The van der Waals surface area contributed by atoms with E-state index in [1.54, 1.807) is 0 Å². The number of nitrogens with zero attached hydrogens (tertiary/aromatic N) is 1. The number of amides is 2. The number of imide groups is 1. The zero-order valence-corrected chi connectivity index (χ0v) is 16.6. The quantitative estimate of drug-likeness (QED) is 0.691. The lowest BCUT2D eigenvalue weighted by Crippen LogP contribution is -2.31. The average Bonchev–Trinajstić information content (AvgIpc) is 3.26. The highest BCUT2D eigenvalue weighted by Gasteiger charge is 2.31. The van der Waals surface area contributed by atoms with Gasteiger partial charge in [0, 0.05) is 12.8 Å². The number of carbonyl (C=O) groups excluding carboxylic acids is 2. The van der Waals surface area contributed by atoms with Crippen molar-refractivity contribution in [2.75, 3.05) is 26.4 Å². The molecule has 2 rings (SSSR count). The molecule has 0 radical (unpaired) electrons. The topological polar surface area (TPSA) is 65.1 Å². The molecule has 0 spiro atoms. The first-order valence-corrected chi connectivity index (χ1v) is 9.36. The molecule has 2 saturated heterocycles. The fourth-order valence-electron chi connectivity index (χ4n) is 2.18. The highest BCUT2D eigenvalue weighted by atomic mass is 16.7. The molecule has 6 heteroatoms. The molecule has 2 fully saturated rings. The maximum absolute atomic E-state index is 11.7. The van der Waals surface area contributed by atoms with Gasteiger partial charge in [0.2, 0.25) is 5.91 Å². The summed E-state index contributed by atoms with van der Waals surface area (Å²) in [7, 11) is 0. The van der Waals surface area contributed by atoms with Gasteiger partial charge in [0.1, 0.15) is 6.61 Å². The molecule has 2 heterocycles. The summed E-state index contributed by atoms with van der Waals surface area (Å²) in [6, 6.07) is 0. The Morgan fingerprint density at radius 3 is 2.00 bits per heavy atom. The molecule has 0 N–H and O–H groups in total. The van der Waals surface area contributed by atoms with Crippen LogP contribution in [0.2, 0.25) is 0 Å². The van der Waals surface area contributed by atoms with Crippen molar-refractivity contribution in [3.05, 3.63) is 0 Å². The first kappa shape index (κ1) is 25.1. The van der Waals surface area contributed by atoms with E-state index in [1.807, 2.05) is 48.5 Å². The number of hydrogen-bond donors (Lipinski definition) is 0. The van der Waals surface area contributed by atoms with Crippen LogP contribution < -0.4 is 0 Å². The Hall–Kier alpha value is -1.14. The smallest absolute Gasteiger partial charge is 0.416 e. The molecule has 2 aliphatic heterocycles. The first-order valence-electron chi connectivity index (χ1n) is 9.36. The van der Waals surface area contributed by atoms with E-state index in [2.05, 4.69) is 0 Å². The van der Waals surface area contributed by atoms with Gasteiger partial charge in [-0.25, -0.2) is 9.69 Å². The second kappa shape index (κ2) is 15.4. The van der Waals surface area contributed by atoms with Crippen LogP contribution in [-0.4, -0.2) is 49.1 Å². The van der Waals surface area contributed by atoms with Gasteiger partial charge in [-0.3, -0.25) is 4.79 Å². The Kier molecular flexibility index (Phi) is 16.1. The average molecular weight is 347 g/mol. The van der Waals surface area contributed by atoms with Gasteiger partial charge in [-0.05, 0) is 19.8 Å². The Morgan fingerprint density at radius 1 is 1.00 bits per heavy atom. The van der Waals surface area contributed by atoms with Crippen LogP contribution in [0.5, 0.6) is 0 Å². The highest BCUT2D eigenvalue weighted by Crippen LogP contribution is 2.25. The molecule has 0 aromatic carbocycles. The van der Waals surface area contributed by atoms with E-state index in [4.69, 9.17) is 14.2 Å². The molecular weight excluding hydrogens is 310 g/mol. The zero-order valence-electron chi connectivity index (χ0n) is 16.6. The maximum atomic E-state index is 11.7. The normalized spacial score (nSPS) is 17.5. The minimum Gasteiger partial charge on any atom is -0.447 e. The summed E-state index contributed by atoms with van der Waals surface area (Å²) in [5.74, 6) is -0.647. The summed E-state index contributed by atoms with van der Waals surface area (Å²) in [4.78, 5) is 24.0. The van der Waals surface area contributed by atoms with Crippen molar-refractivity contribution in [3.63, 3.8) is 0 Å². The van der Waals surface area contributed by atoms with Crippen LogP contribution in [-0.2, 0) is 19.0 Å². The van der Waals surface area contributed by atoms with Crippen molar-refractivity contribution in [2.45, 2.75) is 79.9 Å². The monoisotopic (exact) mass is 347 g/mol. The second-order valence-electron chi connectivity index (χ2n) is 4.70. The van der Waals surface area contributed by atoms with Crippen molar-refractivity contribution in [3.8, 4) is 0 Å². The minimum absolute atomic E-state index is 0.157. The predicted octanol–water partition coefficient (Wildman–Crippen LogP) is 4.37. The fourth-order valence-corrected chi connectivity index (χ4v) is 2.18. The van der Waals surface area contributed by atoms with Crippen molar-refractivity contribution in [1.29, 1.82) is 0 Å². The second-order valence-corrected chi connectivity index (χ2v) is 4.70. The van der Waals surface area contributed by atoms with Gasteiger partial charge in [0.05, 0.1) is 19.8 Å². The van der Waals surface area contributed by atoms with Crippen LogP contribution >= 0.6 is 0 Å². The summed E-state index contributed by atoms with van der Waals surface area (Å²) in [5.41, 5.74) is 0. The Labute approximate surface area is 147 Å². The molecule has 2 amide bonds. The lowest BCUT2D eigenvalue weighted by molar-refractivity contribution is -0.148. The molecule has 0 aromatic rings. The van der Waals surface area contributed by atoms with Gasteiger partial charge in [-0.2, -0.15) is 0 Å². The van der Waals surface area contributed by atoms with Crippen LogP contribution in [0.15, 0.2) is 0 Å². The molecule has 0 atom stereocenters. The molecule has 0 aliphatic carbocycles. The Morgan fingerprint density at radius 2 is 1.54 bits per heavy atom. The van der Waals surface area contributed by atoms with Gasteiger partial charge in [-0.1, -0.05) is 41.5 Å². The van der Waals surface area contributed by atoms with Crippen molar-refractivity contribution < 1.29 is 23.8 Å². The third kappa shape index (κ3) is 9.23. The molecule has 144 valence electrons. The fraction of sp³-hybridized carbons (Fsp3) is 0.889. The number of hydrogen-bond acceptors (Lipinski definition) is 5. The number of carbonyl (C=O) groups is 2. The molecule has 2 aliphatic rings. The van der Waals surface area contributed by atoms with E-state index in [1.165, 1.54) is 4.90 Å². The summed E-state index contributed by atoms with van der Waals surface area (Å²) >= 11 is 0. The maximum Gasteiger partial charge on any atom is 0.416 e. The zero-order chi connectivity index (χ0) is 19.0. The number of unbranched alkanes of at least 4 members (excludes halogenated alkanes) is 1. The molecule has 24 heavy (non-hydrogen) atoms. The van der Waals surface area contributed by atoms with Crippen LogP contribution in [0, 0.1) is 0 Å². The van der Waals surface area contributed by atoms with E-state index < -0.39 is 11.9 Å². The lowest BCUT2D eigenvalue weighted by atomic mass is 10.1. The molecule has 0 bridgehead atoms. The van der Waals surface area contributed by atoms with E-state index >= 15 is 0 Å². The lowest BCUT2D eigenvalue weighted by Gasteiger charge is -2.21. The van der Waals surface area contributed by atoms with E-state index in [-0.39, 0.29) is 5.91 Å². The van der Waals surface area contributed by atoms with Gasteiger partial charge in [0.25, 0.3) is 0 Å². The first-order chi connectivity index (χ1) is 11.6. The number of rotatable bonds is 5. The van der Waals surface area contributed by atoms with Gasteiger partial charge in [-0.15, -0.1) is 0 Å².